The Hall–Kier alpha value is -1.61. The molecule has 0 unspecified atom stereocenters. The predicted molar refractivity (Wildman–Crippen MR) is 58.7 cm³/mol. The van der Waals surface area contributed by atoms with Gasteiger partial charge in [0.2, 0.25) is 0 Å². The average Bonchev–Trinajstić information content (AvgIpc) is 2.64. The summed E-state index contributed by atoms with van der Waals surface area (Å²) < 4.78 is 1.69. The van der Waals surface area contributed by atoms with E-state index in [4.69, 9.17) is 11.6 Å². The number of aryl methyl sites for hydroxylation is 1. The number of hydrogen-bond acceptors (Lipinski definition) is 2. The molecule has 0 saturated heterocycles. The van der Waals surface area contributed by atoms with Crippen LogP contribution >= 0.6 is 11.6 Å². The second-order valence-electron chi connectivity index (χ2n) is 3.29. The van der Waals surface area contributed by atoms with E-state index in [9.17, 15) is 4.79 Å². The molecule has 1 aromatic heterocycles. The SMILES string of the molecule is Cc1cnn(-c2ccc(C=O)cc2Cl)c1. The molecule has 4 heteroatoms. The van der Waals surface area contributed by atoms with Crippen LogP contribution in [0, 0.1) is 6.92 Å². The van der Waals surface area contributed by atoms with Gasteiger partial charge in [0, 0.05) is 11.8 Å². The van der Waals surface area contributed by atoms with E-state index in [-0.39, 0.29) is 0 Å². The Bertz CT molecular complexity index is 505. The Labute approximate surface area is 92.3 Å². The summed E-state index contributed by atoms with van der Waals surface area (Å²) in [5.41, 5.74) is 2.40. The molecule has 0 radical (unpaired) electrons. The molecule has 0 amide bonds. The topological polar surface area (TPSA) is 34.9 Å². The van der Waals surface area contributed by atoms with Gasteiger partial charge in [-0.15, -0.1) is 0 Å². The number of halogens is 1. The highest BCUT2D eigenvalue weighted by Crippen LogP contribution is 2.20. The van der Waals surface area contributed by atoms with Crippen LogP contribution in [0.4, 0.5) is 0 Å². The molecule has 0 saturated carbocycles. The minimum atomic E-state index is 0.516. The van der Waals surface area contributed by atoms with Gasteiger partial charge in [0.15, 0.2) is 0 Å². The van der Waals surface area contributed by atoms with Crippen molar-refractivity contribution in [1.29, 1.82) is 0 Å². The summed E-state index contributed by atoms with van der Waals surface area (Å²) in [7, 11) is 0. The number of carbonyl (C=O) groups excluding carboxylic acids is 1. The molecule has 0 aliphatic heterocycles. The average molecular weight is 221 g/mol. The van der Waals surface area contributed by atoms with Crippen LogP contribution in [0.5, 0.6) is 0 Å². The normalized spacial score (nSPS) is 10.3. The van der Waals surface area contributed by atoms with E-state index in [0.29, 0.717) is 10.6 Å². The zero-order valence-corrected chi connectivity index (χ0v) is 8.90. The lowest BCUT2D eigenvalue weighted by atomic mass is 10.2. The van der Waals surface area contributed by atoms with Crippen molar-refractivity contribution in [1.82, 2.24) is 9.78 Å². The fraction of sp³-hybridized carbons (Fsp3) is 0.0909. The molecule has 0 aliphatic rings. The lowest BCUT2D eigenvalue weighted by molar-refractivity contribution is 0.112. The Morgan fingerprint density at radius 2 is 2.27 bits per heavy atom. The van der Waals surface area contributed by atoms with Crippen molar-refractivity contribution < 1.29 is 4.79 Å². The molecule has 0 fully saturated rings. The maximum absolute atomic E-state index is 10.5. The maximum Gasteiger partial charge on any atom is 0.150 e. The van der Waals surface area contributed by atoms with Crippen molar-refractivity contribution in [2.75, 3.05) is 0 Å². The van der Waals surface area contributed by atoms with Crippen molar-refractivity contribution in [3.05, 3.63) is 46.7 Å². The first-order chi connectivity index (χ1) is 7.20. The van der Waals surface area contributed by atoms with E-state index in [1.54, 1.807) is 29.1 Å². The van der Waals surface area contributed by atoms with Gasteiger partial charge in [-0.3, -0.25) is 4.79 Å². The fourth-order valence-corrected chi connectivity index (χ4v) is 1.60. The van der Waals surface area contributed by atoms with Crippen LogP contribution in [0.1, 0.15) is 15.9 Å². The number of hydrogen-bond donors (Lipinski definition) is 0. The molecular weight excluding hydrogens is 212 g/mol. The monoisotopic (exact) mass is 220 g/mol. The molecule has 15 heavy (non-hydrogen) atoms. The van der Waals surface area contributed by atoms with Crippen molar-refractivity contribution in [2.45, 2.75) is 6.92 Å². The zero-order valence-electron chi connectivity index (χ0n) is 8.14. The highest BCUT2D eigenvalue weighted by atomic mass is 35.5. The first-order valence-corrected chi connectivity index (χ1v) is 4.85. The quantitative estimate of drug-likeness (QED) is 0.730. The van der Waals surface area contributed by atoms with Crippen LogP contribution in [-0.2, 0) is 0 Å². The van der Waals surface area contributed by atoms with Gasteiger partial charge in [-0.1, -0.05) is 11.6 Å². The largest absolute Gasteiger partial charge is 0.298 e. The molecule has 2 aromatic rings. The van der Waals surface area contributed by atoms with E-state index >= 15 is 0 Å². The number of benzene rings is 1. The Kier molecular flexibility index (Phi) is 2.56. The Balaban J connectivity index is 2.49. The van der Waals surface area contributed by atoms with Crippen molar-refractivity contribution in [2.24, 2.45) is 0 Å². The van der Waals surface area contributed by atoms with Gasteiger partial charge in [0.1, 0.15) is 6.29 Å². The molecule has 0 spiro atoms. The third kappa shape index (κ3) is 1.92. The Morgan fingerprint density at radius 3 is 2.80 bits per heavy atom. The molecular formula is C11H9ClN2O. The summed E-state index contributed by atoms with van der Waals surface area (Å²) in [6, 6.07) is 5.12. The highest BCUT2D eigenvalue weighted by molar-refractivity contribution is 6.32. The number of nitrogens with zero attached hydrogens (tertiary/aromatic N) is 2. The molecule has 0 bridgehead atoms. The molecule has 0 N–H and O–H groups in total. The Morgan fingerprint density at radius 1 is 1.47 bits per heavy atom. The lowest BCUT2D eigenvalue weighted by Gasteiger charge is -2.04. The van der Waals surface area contributed by atoms with Gasteiger partial charge >= 0.3 is 0 Å². The van der Waals surface area contributed by atoms with Crippen molar-refractivity contribution in [3.8, 4) is 5.69 Å². The first-order valence-electron chi connectivity index (χ1n) is 4.47. The molecule has 2 rings (SSSR count). The van der Waals surface area contributed by atoms with Crippen LogP contribution < -0.4 is 0 Å². The molecule has 1 heterocycles. The summed E-state index contributed by atoms with van der Waals surface area (Å²) in [5, 5.41) is 4.66. The van der Waals surface area contributed by atoms with Crippen molar-refractivity contribution in [3.63, 3.8) is 0 Å². The highest BCUT2D eigenvalue weighted by Gasteiger charge is 2.04. The lowest BCUT2D eigenvalue weighted by Crippen LogP contribution is -1.95. The van der Waals surface area contributed by atoms with E-state index in [1.807, 2.05) is 13.1 Å². The van der Waals surface area contributed by atoms with E-state index < -0.39 is 0 Å². The van der Waals surface area contributed by atoms with Crippen LogP contribution in [0.15, 0.2) is 30.6 Å². The summed E-state index contributed by atoms with van der Waals surface area (Å²) in [6.07, 6.45) is 4.40. The fourth-order valence-electron chi connectivity index (χ4n) is 1.33. The van der Waals surface area contributed by atoms with Crippen molar-refractivity contribution >= 4 is 17.9 Å². The van der Waals surface area contributed by atoms with Crippen LogP contribution in [0.25, 0.3) is 5.69 Å². The van der Waals surface area contributed by atoms with Crippen LogP contribution in [0.3, 0.4) is 0 Å². The van der Waals surface area contributed by atoms with Gasteiger partial charge in [-0.2, -0.15) is 5.10 Å². The molecule has 0 atom stereocenters. The summed E-state index contributed by atoms with van der Waals surface area (Å²) in [4.78, 5) is 10.5. The minimum Gasteiger partial charge on any atom is -0.298 e. The third-order valence-corrected chi connectivity index (χ3v) is 2.37. The summed E-state index contributed by atoms with van der Waals surface area (Å²) in [6.45, 7) is 1.96. The number of aromatic nitrogens is 2. The molecule has 0 aliphatic carbocycles. The second kappa shape index (κ2) is 3.87. The smallest absolute Gasteiger partial charge is 0.150 e. The third-order valence-electron chi connectivity index (χ3n) is 2.07. The van der Waals surface area contributed by atoms with Gasteiger partial charge in [0.25, 0.3) is 0 Å². The van der Waals surface area contributed by atoms with Gasteiger partial charge in [-0.05, 0) is 30.7 Å². The van der Waals surface area contributed by atoms with Gasteiger partial charge < -0.3 is 0 Å². The predicted octanol–water partition coefficient (Wildman–Crippen LogP) is 2.65. The maximum atomic E-state index is 10.5. The van der Waals surface area contributed by atoms with Crippen LogP contribution in [0.2, 0.25) is 5.02 Å². The minimum absolute atomic E-state index is 0.516. The summed E-state index contributed by atoms with van der Waals surface area (Å²) >= 11 is 6.03. The number of rotatable bonds is 2. The van der Waals surface area contributed by atoms with E-state index in [0.717, 1.165) is 17.5 Å². The number of carbonyl (C=O) groups is 1. The van der Waals surface area contributed by atoms with Gasteiger partial charge in [0.05, 0.1) is 16.9 Å². The van der Waals surface area contributed by atoms with Crippen LogP contribution in [-0.4, -0.2) is 16.1 Å². The number of aldehydes is 1. The van der Waals surface area contributed by atoms with E-state index in [1.165, 1.54) is 0 Å². The summed E-state index contributed by atoms with van der Waals surface area (Å²) in [5.74, 6) is 0. The molecule has 1 aromatic carbocycles. The molecule has 3 nitrogen and oxygen atoms in total. The van der Waals surface area contributed by atoms with Gasteiger partial charge in [-0.25, -0.2) is 4.68 Å². The van der Waals surface area contributed by atoms with E-state index in [2.05, 4.69) is 5.10 Å². The standard InChI is InChI=1S/C11H9ClN2O/c1-8-5-13-14(6-8)11-3-2-9(7-15)4-10(11)12/h2-7H,1H3. The molecule has 76 valence electrons. The first kappa shape index (κ1) is 9.93. The second-order valence-corrected chi connectivity index (χ2v) is 3.70. The zero-order chi connectivity index (χ0) is 10.8.